The minimum Gasteiger partial charge on any atom is -0.464 e. The van der Waals surface area contributed by atoms with Gasteiger partial charge in [0, 0.05) is 19.3 Å². The monoisotopic (exact) mass is 275 g/mol. The van der Waals surface area contributed by atoms with E-state index in [1.807, 2.05) is 40.0 Å². The number of hydrogen-bond donors (Lipinski definition) is 1. The van der Waals surface area contributed by atoms with Crippen LogP contribution in [0.4, 0.5) is 5.69 Å². The van der Waals surface area contributed by atoms with Gasteiger partial charge in [-0.25, -0.2) is 0 Å². The van der Waals surface area contributed by atoms with Gasteiger partial charge in [0.05, 0.1) is 12.2 Å². The van der Waals surface area contributed by atoms with Crippen LogP contribution in [0.15, 0.2) is 28.8 Å². The van der Waals surface area contributed by atoms with Gasteiger partial charge < -0.3 is 19.6 Å². The number of nitrogens with two attached hydrogens (primary N) is 1. The number of furan rings is 1. The summed E-state index contributed by atoms with van der Waals surface area (Å²) in [4.78, 5) is 14.4. The smallest absolute Gasteiger partial charge is 0.271 e. The van der Waals surface area contributed by atoms with Gasteiger partial charge in [0.25, 0.3) is 5.91 Å². The number of nitrogens with zero attached hydrogens (tertiary/aromatic N) is 2. The van der Waals surface area contributed by atoms with Crippen molar-refractivity contribution in [2.75, 3.05) is 5.73 Å². The largest absolute Gasteiger partial charge is 0.464 e. The summed E-state index contributed by atoms with van der Waals surface area (Å²) in [6, 6.07) is 5.57. The predicted octanol–water partition coefficient (Wildman–Crippen LogP) is 2.56. The molecule has 0 aliphatic carbocycles. The highest BCUT2D eigenvalue weighted by Crippen LogP contribution is 2.17. The molecule has 0 aliphatic heterocycles. The van der Waals surface area contributed by atoms with E-state index in [0.717, 1.165) is 11.5 Å². The molecule has 0 saturated heterocycles. The average Bonchev–Trinajstić information content (AvgIpc) is 2.91. The van der Waals surface area contributed by atoms with E-state index in [0.29, 0.717) is 17.9 Å². The Kier molecular flexibility index (Phi) is 3.88. The standard InChI is InChI=1S/C15H21N3O2/c1-10(2)18(9-13-6-5-11(3)20-13)15(19)14-7-12(16)8-17(14)4/h5-8,10H,9,16H2,1-4H3. The van der Waals surface area contributed by atoms with Crippen molar-refractivity contribution >= 4 is 11.6 Å². The van der Waals surface area contributed by atoms with Gasteiger partial charge in [-0.15, -0.1) is 0 Å². The summed E-state index contributed by atoms with van der Waals surface area (Å²) in [5.74, 6) is 1.58. The first-order valence-electron chi connectivity index (χ1n) is 6.66. The zero-order valence-corrected chi connectivity index (χ0v) is 12.4. The molecule has 20 heavy (non-hydrogen) atoms. The van der Waals surface area contributed by atoms with Crippen molar-refractivity contribution in [1.82, 2.24) is 9.47 Å². The van der Waals surface area contributed by atoms with E-state index in [4.69, 9.17) is 10.2 Å². The molecule has 0 aromatic carbocycles. The van der Waals surface area contributed by atoms with Gasteiger partial charge in [0.15, 0.2) is 0 Å². The SMILES string of the molecule is Cc1ccc(CN(C(=O)c2cc(N)cn2C)C(C)C)o1. The number of hydrogen-bond acceptors (Lipinski definition) is 3. The maximum atomic E-state index is 12.6. The number of aromatic nitrogens is 1. The van der Waals surface area contributed by atoms with E-state index in [1.54, 1.807) is 21.7 Å². The molecule has 108 valence electrons. The highest BCUT2D eigenvalue weighted by molar-refractivity contribution is 5.94. The van der Waals surface area contributed by atoms with E-state index in [9.17, 15) is 4.79 Å². The van der Waals surface area contributed by atoms with Gasteiger partial charge in [0.2, 0.25) is 0 Å². The highest BCUT2D eigenvalue weighted by Gasteiger charge is 2.22. The van der Waals surface area contributed by atoms with Crippen LogP contribution in [-0.4, -0.2) is 21.4 Å². The van der Waals surface area contributed by atoms with Crippen molar-refractivity contribution in [2.45, 2.75) is 33.4 Å². The van der Waals surface area contributed by atoms with Crippen molar-refractivity contribution in [2.24, 2.45) is 7.05 Å². The van der Waals surface area contributed by atoms with Crippen LogP contribution in [0.5, 0.6) is 0 Å². The fraction of sp³-hybridized carbons (Fsp3) is 0.400. The van der Waals surface area contributed by atoms with Gasteiger partial charge in [-0.1, -0.05) is 0 Å². The summed E-state index contributed by atoms with van der Waals surface area (Å²) in [6.07, 6.45) is 1.74. The molecular formula is C15H21N3O2. The molecule has 2 aromatic heterocycles. The van der Waals surface area contributed by atoms with Crippen molar-refractivity contribution in [3.05, 3.63) is 41.6 Å². The number of anilines is 1. The van der Waals surface area contributed by atoms with E-state index in [2.05, 4.69) is 0 Å². The molecule has 0 bridgehead atoms. The molecule has 2 N–H and O–H groups in total. The Labute approximate surface area is 119 Å². The van der Waals surface area contributed by atoms with Gasteiger partial charge >= 0.3 is 0 Å². The molecule has 0 aliphatic rings. The van der Waals surface area contributed by atoms with E-state index in [1.165, 1.54) is 0 Å². The third kappa shape index (κ3) is 2.87. The maximum absolute atomic E-state index is 12.6. The zero-order valence-electron chi connectivity index (χ0n) is 12.4. The molecule has 0 unspecified atom stereocenters. The van der Waals surface area contributed by atoms with Crippen LogP contribution in [0.3, 0.4) is 0 Å². The maximum Gasteiger partial charge on any atom is 0.271 e. The third-order valence-corrected chi connectivity index (χ3v) is 3.25. The second-order valence-electron chi connectivity index (χ2n) is 5.31. The second kappa shape index (κ2) is 5.45. The van der Waals surface area contributed by atoms with Crippen LogP contribution in [-0.2, 0) is 13.6 Å². The first-order chi connectivity index (χ1) is 9.38. The van der Waals surface area contributed by atoms with E-state index < -0.39 is 0 Å². The summed E-state index contributed by atoms with van der Waals surface area (Å²) >= 11 is 0. The second-order valence-corrected chi connectivity index (χ2v) is 5.31. The lowest BCUT2D eigenvalue weighted by Gasteiger charge is -2.26. The van der Waals surface area contributed by atoms with Gasteiger partial charge in [0.1, 0.15) is 17.2 Å². The van der Waals surface area contributed by atoms with Gasteiger partial charge in [-0.2, -0.15) is 0 Å². The minimum atomic E-state index is -0.0479. The van der Waals surface area contributed by atoms with Crippen LogP contribution in [0.25, 0.3) is 0 Å². The summed E-state index contributed by atoms with van der Waals surface area (Å²) in [5, 5.41) is 0. The summed E-state index contributed by atoms with van der Waals surface area (Å²) in [5.41, 5.74) is 6.91. The van der Waals surface area contributed by atoms with Crippen molar-refractivity contribution < 1.29 is 9.21 Å². The molecular weight excluding hydrogens is 254 g/mol. The lowest BCUT2D eigenvalue weighted by Crippen LogP contribution is -2.37. The molecule has 5 nitrogen and oxygen atoms in total. The fourth-order valence-corrected chi connectivity index (χ4v) is 2.18. The molecule has 0 spiro atoms. The molecule has 2 aromatic rings. The summed E-state index contributed by atoms with van der Waals surface area (Å²) < 4.78 is 7.31. The first-order valence-corrected chi connectivity index (χ1v) is 6.66. The Morgan fingerprint density at radius 1 is 1.45 bits per heavy atom. The number of aryl methyl sites for hydroxylation is 2. The first kappa shape index (κ1) is 14.2. The molecule has 2 rings (SSSR count). The predicted molar refractivity (Wildman–Crippen MR) is 78.3 cm³/mol. The van der Waals surface area contributed by atoms with Crippen molar-refractivity contribution in [3.8, 4) is 0 Å². The van der Waals surface area contributed by atoms with Crippen molar-refractivity contribution in [3.63, 3.8) is 0 Å². The Balaban J connectivity index is 2.24. The number of carbonyl (C=O) groups is 1. The number of amides is 1. The Morgan fingerprint density at radius 3 is 2.60 bits per heavy atom. The number of nitrogen functional groups attached to an aromatic ring is 1. The Morgan fingerprint density at radius 2 is 2.15 bits per heavy atom. The van der Waals surface area contributed by atoms with Crippen LogP contribution in [0.1, 0.15) is 35.9 Å². The topological polar surface area (TPSA) is 64.4 Å². The van der Waals surface area contributed by atoms with Crippen LogP contribution < -0.4 is 5.73 Å². The fourth-order valence-electron chi connectivity index (χ4n) is 2.18. The van der Waals surface area contributed by atoms with Crippen molar-refractivity contribution in [1.29, 1.82) is 0 Å². The number of rotatable bonds is 4. The molecule has 5 heteroatoms. The molecule has 1 amide bonds. The molecule has 2 heterocycles. The Bertz CT molecular complexity index is 610. The van der Waals surface area contributed by atoms with E-state index in [-0.39, 0.29) is 11.9 Å². The summed E-state index contributed by atoms with van der Waals surface area (Å²) in [7, 11) is 1.82. The van der Waals surface area contributed by atoms with Gasteiger partial charge in [-0.05, 0) is 39.0 Å². The molecule has 0 fully saturated rings. The van der Waals surface area contributed by atoms with E-state index >= 15 is 0 Å². The number of carbonyl (C=O) groups excluding carboxylic acids is 1. The zero-order chi connectivity index (χ0) is 14.9. The normalized spacial score (nSPS) is 11.1. The quantitative estimate of drug-likeness (QED) is 0.932. The lowest BCUT2D eigenvalue weighted by atomic mass is 10.2. The average molecular weight is 275 g/mol. The summed E-state index contributed by atoms with van der Waals surface area (Å²) in [6.45, 7) is 6.32. The molecule has 0 atom stereocenters. The highest BCUT2D eigenvalue weighted by atomic mass is 16.3. The van der Waals surface area contributed by atoms with Gasteiger partial charge in [-0.3, -0.25) is 4.79 Å². The lowest BCUT2D eigenvalue weighted by molar-refractivity contribution is 0.0665. The third-order valence-electron chi connectivity index (χ3n) is 3.25. The molecule has 0 radical (unpaired) electrons. The molecule has 0 saturated carbocycles. The minimum absolute atomic E-state index is 0.0479. The van der Waals surface area contributed by atoms with Crippen LogP contribution in [0, 0.1) is 6.92 Å². The van der Waals surface area contributed by atoms with Crippen LogP contribution in [0.2, 0.25) is 0 Å². The Hall–Kier alpha value is -2.17. The van der Waals surface area contributed by atoms with Crippen LogP contribution >= 0.6 is 0 Å².